The fraction of sp³-hybridized carbons (Fsp3) is 0.471. The second kappa shape index (κ2) is 6.37. The summed E-state index contributed by atoms with van der Waals surface area (Å²) in [4.78, 5) is 12.4. The largest absolute Gasteiger partial charge is 0.483 e. The summed E-state index contributed by atoms with van der Waals surface area (Å²) >= 11 is 0. The number of alkyl halides is 3. The van der Waals surface area contributed by atoms with Gasteiger partial charge in [-0.25, -0.2) is 0 Å². The Morgan fingerprint density at radius 2 is 1.75 bits per heavy atom. The van der Waals surface area contributed by atoms with Crippen LogP contribution in [0.4, 0.5) is 18.9 Å². The van der Waals surface area contributed by atoms with Gasteiger partial charge in [-0.2, -0.15) is 13.2 Å². The normalized spacial score (nSPS) is 15.6. The van der Waals surface area contributed by atoms with Gasteiger partial charge in [-0.05, 0) is 23.5 Å². The Morgan fingerprint density at radius 3 is 2.33 bits per heavy atom. The molecule has 0 aromatic heterocycles. The van der Waals surface area contributed by atoms with Gasteiger partial charge in [0.15, 0.2) is 0 Å². The number of benzene rings is 1. The summed E-state index contributed by atoms with van der Waals surface area (Å²) < 4.78 is 48.5. The van der Waals surface area contributed by atoms with Gasteiger partial charge in [-0.3, -0.25) is 4.79 Å². The topological polar surface area (TPSA) is 47.6 Å². The third-order valence-electron chi connectivity index (χ3n) is 3.57. The second-order valence-electron chi connectivity index (χ2n) is 6.55. The van der Waals surface area contributed by atoms with Crippen molar-refractivity contribution in [2.45, 2.75) is 39.3 Å². The number of amides is 1. The zero-order valence-corrected chi connectivity index (χ0v) is 14.0. The molecule has 1 aromatic carbocycles. The Morgan fingerprint density at radius 1 is 1.12 bits per heavy atom. The van der Waals surface area contributed by atoms with Crippen molar-refractivity contribution in [3.8, 4) is 0 Å². The first-order valence-corrected chi connectivity index (χ1v) is 7.50. The van der Waals surface area contributed by atoms with E-state index in [1.54, 1.807) is 13.0 Å². The van der Waals surface area contributed by atoms with Gasteiger partial charge >= 0.3 is 6.18 Å². The molecule has 4 nitrogen and oxygen atoms in total. The van der Waals surface area contributed by atoms with Crippen molar-refractivity contribution in [1.29, 1.82) is 0 Å². The molecule has 0 fully saturated rings. The smallest absolute Gasteiger partial charge is 0.453 e. The monoisotopic (exact) mass is 343 g/mol. The van der Waals surface area contributed by atoms with Crippen molar-refractivity contribution in [3.63, 3.8) is 0 Å². The van der Waals surface area contributed by atoms with Crippen LogP contribution in [0.15, 0.2) is 29.7 Å². The number of carbonyl (C=O) groups is 1. The average molecular weight is 343 g/mol. The van der Waals surface area contributed by atoms with E-state index in [1.165, 1.54) is 0 Å². The van der Waals surface area contributed by atoms with Crippen LogP contribution in [-0.4, -0.2) is 25.3 Å². The van der Waals surface area contributed by atoms with Crippen molar-refractivity contribution in [2.24, 2.45) is 0 Å². The molecule has 0 saturated heterocycles. The van der Waals surface area contributed by atoms with Gasteiger partial charge in [-0.1, -0.05) is 39.0 Å². The Kier molecular flexibility index (Phi) is 4.82. The minimum atomic E-state index is -4.79. The minimum Gasteiger partial charge on any atom is -0.483 e. The molecule has 24 heavy (non-hydrogen) atoms. The molecule has 1 heterocycles. The molecule has 0 aliphatic carbocycles. The molecule has 0 atom stereocenters. The van der Waals surface area contributed by atoms with Crippen molar-refractivity contribution < 1.29 is 27.4 Å². The quantitative estimate of drug-likeness (QED) is 0.881. The molecule has 1 aliphatic rings. The summed E-state index contributed by atoms with van der Waals surface area (Å²) in [5, 5.41) is 2.56. The van der Waals surface area contributed by atoms with E-state index in [9.17, 15) is 18.0 Å². The maximum absolute atomic E-state index is 13.0. The molecule has 0 unspecified atom stereocenters. The summed E-state index contributed by atoms with van der Waals surface area (Å²) in [6, 6.07) is 5.45. The van der Waals surface area contributed by atoms with Crippen LogP contribution >= 0.6 is 0 Å². The lowest BCUT2D eigenvalue weighted by Gasteiger charge is -2.26. The fourth-order valence-corrected chi connectivity index (χ4v) is 2.43. The number of anilines is 1. The molecular formula is C17H20F3NO3. The molecule has 7 heteroatoms. The fourth-order valence-electron chi connectivity index (χ4n) is 2.43. The number of rotatable bonds is 2. The third-order valence-corrected chi connectivity index (χ3v) is 3.57. The number of halogens is 3. The minimum absolute atomic E-state index is 0.109. The maximum Gasteiger partial charge on any atom is 0.453 e. The number of allylic oxidation sites excluding steroid dienone is 1. The summed E-state index contributed by atoms with van der Waals surface area (Å²) in [5.74, 6) is -3.20. The summed E-state index contributed by atoms with van der Waals surface area (Å²) in [7, 11) is 0. The molecule has 0 saturated carbocycles. The van der Waals surface area contributed by atoms with Gasteiger partial charge in [0.1, 0.15) is 13.2 Å². The van der Waals surface area contributed by atoms with E-state index in [4.69, 9.17) is 4.74 Å². The second-order valence-corrected chi connectivity index (χ2v) is 6.55. The van der Waals surface area contributed by atoms with E-state index in [-0.39, 0.29) is 18.6 Å². The molecule has 0 radical (unpaired) electrons. The highest BCUT2D eigenvalue weighted by Crippen LogP contribution is 2.34. The van der Waals surface area contributed by atoms with E-state index in [2.05, 4.69) is 10.1 Å². The SMILES string of the molecule is Cc1cccc(C(C)(C)C)c1NC(=O)C1=C(C(F)(F)F)OCCO1. The van der Waals surface area contributed by atoms with Crippen LogP contribution in [0.3, 0.4) is 0 Å². The number of para-hydroxylation sites is 1. The number of nitrogens with one attached hydrogen (secondary N) is 1. The summed E-state index contributed by atoms with van der Waals surface area (Å²) in [5.41, 5.74) is 1.77. The van der Waals surface area contributed by atoms with Crippen molar-refractivity contribution in [3.05, 3.63) is 40.8 Å². The van der Waals surface area contributed by atoms with Crippen molar-refractivity contribution in [1.82, 2.24) is 0 Å². The predicted molar refractivity (Wildman–Crippen MR) is 83.5 cm³/mol. The summed E-state index contributed by atoms with van der Waals surface area (Å²) in [6.45, 7) is 7.29. The van der Waals surface area contributed by atoms with Gasteiger partial charge in [-0.15, -0.1) is 0 Å². The van der Waals surface area contributed by atoms with Crippen LogP contribution in [0.2, 0.25) is 0 Å². The van der Waals surface area contributed by atoms with Crippen molar-refractivity contribution >= 4 is 11.6 Å². The molecule has 132 valence electrons. The first kappa shape index (κ1) is 18.2. The highest BCUT2D eigenvalue weighted by Gasteiger charge is 2.43. The summed E-state index contributed by atoms with van der Waals surface area (Å²) in [6.07, 6.45) is -4.79. The van der Waals surface area contributed by atoms with Crippen LogP contribution in [-0.2, 0) is 19.7 Å². The van der Waals surface area contributed by atoms with Crippen molar-refractivity contribution in [2.75, 3.05) is 18.5 Å². The Hall–Kier alpha value is -2.18. The third kappa shape index (κ3) is 3.83. The van der Waals surface area contributed by atoms with Gasteiger partial charge in [0.2, 0.25) is 11.5 Å². The van der Waals surface area contributed by atoms with Crippen LogP contribution < -0.4 is 5.32 Å². The molecular weight excluding hydrogens is 323 g/mol. The Balaban J connectivity index is 2.42. The molecule has 1 aliphatic heterocycles. The number of hydrogen-bond donors (Lipinski definition) is 1. The maximum atomic E-state index is 13.0. The molecule has 1 N–H and O–H groups in total. The van der Waals surface area contributed by atoms with Crippen LogP contribution in [0.25, 0.3) is 0 Å². The number of aryl methyl sites for hydroxylation is 1. The van der Waals surface area contributed by atoms with Crippen LogP contribution in [0.5, 0.6) is 0 Å². The van der Waals surface area contributed by atoms with Gasteiger partial charge in [0.25, 0.3) is 5.91 Å². The van der Waals surface area contributed by atoms with Crippen LogP contribution in [0, 0.1) is 6.92 Å². The van der Waals surface area contributed by atoms with Crippen LogP contribution in [0.1, 0.15) is 31.9 Å². The molecule has 0 spiro atoms. The predicted octanol–water partition coefficient (Wildman–Crippen LogP) is 4.05. The first-order chi connectivity index (χ1) is 11.0. The standard InChI is InChI=1S/C17H20F3NO3/c1-10-6-5-7-11(16(2,3)4)12(10)21-15(22)13-14(17(18,19)20)24-9-8-23-13/h5-7H,8-9H2,1-4H3,(H,21,22). The first-order valence-electron chi connectivity index (χ1n) is 7.50. The lowest BCUT2D eigenvalue weighted by atomic mass is 9.84. The van der Waals surface area contributed by atoms with E-state index in [0.717, 1.165) is 11.1 Å². The number of ether oxygens (including phenoxy) is 2. The lowest BCUT2D eigenvalue weighted by molar-refractivity contribution is -0.151. The zero-order chi connectivity index (χ0) is 18.1. The van der Waals surface area contributed by atoms with E-state index in [1.807, 2.05) is 32.9 Å². The number of carbonyl (C=O) groups excluding carboxylic acids is 1. The van der Waals surface area contributed by atoms with Gasteiger partial charge < -0.3 is 14.8 Å². The molecule has 1 aromatic rings. The lowest BCUT2D eigenvalue weighted by Crippen LogP contribution is -2.31. The zero-order valence-electron chi connectivity index (χ0n) is 14.0. The van der Waals surface area contributed by atoms with Gasteiger partial charge in [0.05, 0.1) is 0 Å². The average Bonchev–Trinajstić information content (AvgIpc) is 2.47. The van der Waals surface area contributed by atoms with Gasteiger partial charge in [0, 0.05) is 5.69 Å². The molecule has 2 rings (SSSR count). The van der Waals surface area contributed by atoms with E-state index in [0.29, 0.717) is 5.69 Å². The molecule has 1 amide bonds. The Labute approximate surface area is 138 Å². The Bertz CT molecular complexity index is 673. The number of hydrogen-bond acceptors (Lipinski definition) is 3. The van der Waals surface area contributed by atoms with E-state index < -0.39 is 23.6 Å². The van der Waals surface area contributed by atoms with E-state index >= 15 is 0 Å². The highest BCUT2D eigenvalue weighted by atomic mass is 19.4. The molecule has 0 bridgehead atoms. The highest BCUT2D eigenvalue weighted by molar-refractivity contribution is 6.03.